The van der Waals surface area contributed by atoms with Crippen molar-refractivity contribution < 1.29 is 17.6 Å². The van der Waals surface area contributed by atoms with Gasteiger partial charge in [-0.1, -0.05) is 50.2 Å². The van der Waals surface area contributed by atoms with Gasteiger partial charge in [0.1, 0.15) is 5.58 Å². The van der Waals surface area contributed by atoms with Gasteiger partial charge < -0.3 is 9.32 Å². The molecule has 2 atom stereocenters. The molecule has 5 rings (SSSR count). The van der Waals surface area contributed by atoms with E-state index in [1.807, 2.05) is 24.3 Å². The average molecular weight is 438 g/mol. The molecule has 0 N–H and O–H groups in total. The van der Waals surface area contributed by atoms with Crippen LogP contribution in [0.1, 0.15) is 59.5 Å². The number of rotatable bonds is 3. The molecule has 2 aliphatic heterocycles. The first kappa shape index (κ1) is 20.0. The number of fused-ring (bicyclic) bond motifs is 2. The fourth-order valence-corrected chi connectivity index (χ4v) is 6.41. The second kappa shape index (κ2) is 7.05. The van der Waals surface area contributed by atoms with E-state index in [9.17, 15) is 18.0 Å². The van der Waals surface area contributed by atoms with Crippen molar-refractivity contribution in [2.75, 3.05) is 11.5 Å². The molecule has 1 saturated heterocycles. The summed E-state index contributed by atoms with van der Waals surface area (Å²) in [5.41, 5.74) is 2.34. The summed E-state index contributed by atoms with van der Waals surface area (Å²) >= 11 is 0. The molecule has 7 heteroatoms. The van der Waals surface area contributed by atoms with Crippen LogP contribution in [0.4, 0.5) is 0 Å². The number of sulfone groups is 1. The lowest BCUT2D eigenvalue weighted by atomic mass is 9.94. The number of hydrogen-bond donors (Lipinski definition) is 0. The molecule has 3 heterocycles. The molecule has 1 aromatic heterocycles. The topological polar surface area (TPSA) is 84.7 Å². The largest absolute Gasteiger partial charge is 0.450 e. The van der Waals surface area contributed by atoms with Crippen LogP contribution in [0.2, 0.25) is 0 Å². The maximum atomic E-state index is 13.5. The van der Waals surface area contributed by atoms with Gasteiger partial charge in [0.05, 0.1) is 28.5 Å². The van der Waals surface area contributed by atoms with Crippen LogP contribution in [0.5, 0.6) is 0 Å². The average Bonchev–Trinajstić information content (AvgIpc) is 3.25. The van der Waals surface area contributed by atoms with Gasteiger partial charge >= 0.3 is 0 Å². The predicted octanol–water partition coefficient (Wildman–Crippen LogP) is 3.65. The molecule has 6 nitrogen and oxygen atoms in total. The summed E-state index contributed by atoms with van der Waals surface area (Å²) in [4.78, 5) is 28.5. The number of benzene rings is 2. The Hall–Kier alpha value is -2.93. The second-order valence-electron chi connectivity index (χ2n) is 8.66. The maximum Gasteiger partial charge on any atom is 0.291 e. The van der Waals surface area contributed by atoms with Crippen LogP contribution in [-0.2, 0) is 9.84 Å². The number of para-hydroxylation sites is 1. The highest BCUT2D eigenvalue weighted by Gasteiger charge is 2.48. The standard InChI is InChI=1S/C24H23NO5S/c1-14(2)15-7-9-16(10-8-15)21-20-22(26)18-5-3-4-6-19(18)30-23(20)24(27)25(21)17-11-12-31(28,29)13-17/h3-10,14,17,21H,11-13H2,1-2H3/t17-,21-/m0/s1. The van der Waals surface area contributed by atoms with Gasteiger partial charge in [0, 0.05) is 6.04 Å². The monoisotopic (exact) mass is 437 g/mol. The van der Waals surface area contributed by atoms with E-state index in [1.54, 1.807) is 29.2 Å². The zero-order valence-electron chi connectivity index (χ0n) is 17.4. The lowest BCUT2D eigenvalue weighted by Crippen LogP contribution is -2.40. The summed E-state index contributed by atoms with van der Waals surface area (Å²) in [5.74, 6) is -0.110. The Labute approximate surface area is 180 Å². The Bertz CT molecular complexity index is 1350. The quantitative estimate of drug-likeness (QED) is 0.624. The molecule has 0 aliphatic carbocycles. The van der Waals surface area contributed by atoms with Gasteiger partial charge in [-0.05, 0) is 35.6 Å². The van der Waals surface area contributed by atoms with Crippen LogP contribution < -0.4 is 5.43 Å². The SMILES string of the molecule is CC(C)c1ccc([C@H]2c3c(oc4ccccc4c3=O)C(=O)N2[C@H]2CCS(=O)(=O)C2)cc1. The molecule has 0 unspecified atom stereocenters. The predicted molar refractivity (Wildman–Crippen MR) is 118 cm³/mol. The van der Waals surface area contributed by atoms with Crippen LogP contribution >= 0.6 is 0 Å². The minimum Gasteiger partial charge on any atom is -0.450 e. The first-order valence-electron chi connectivity index (χ1n) is 10.5. The first-order chi connectivity index (χ1) is 14.8. The highest BCUT2D eigenvalue weighted by molar-refractivity contribution is 7.91. The maximum absolute atomic E-state index is 13.5. The summed E-state index contributed by atoms with van der Waals surface area (Å²) < 4.78 is 30.3. The number of carbonyl (C=O) groups excluding carboxylic acids is 1. The van der Waals surface area contributed by atoms with Gasteiger partial charge in [0.25, 0.3) is 5.91 Å². The van der Waals surface area contributed by atoms with Gasteiger partial charge in [0.15, 0.2) is 15.3 Å². The number of carbonyl (C=O) groups is 1. The van der Waals surface area contributed by atoms with E-state index in [2.05, 4.69) is 13.8 Å². The first-order valence-corrected chi connectivity index (χ1v) is 12.3. The molecule has 1 amide bonds. The summed E-state index contributed by atoms with van der Waals surface area (Å²) in [6, 6.07) is 13.5. The minimum absolute atomic E-state index is 0.0194. The van der Waals surface area contributed by atoms with Crippen LogP contribution in [0.3, 0.4) is 0 Å². The van der Waals surface area contributed by atoms with E-state index in [0.717, 1.165) is 11.1 Å². The van der Waals surface area contributed by atoms with E-state index in [0.29, 0.717) is 28.9 Å². The Balaban J connectivity index is 1.72. The number of amides is 1. The molecule has 0 spiro atoms. The van der Waals surface area contributed by atoms with Gasteiger partial charge in [0.2, 0.25) is 5.76 Å². The summed E-state index contributed by atoms with van der Waals surface area (Å²) in [6.07, 6.45) is 0.357. The molecule has 2 aromatic carbocycles. The van der Waals surface area contributed by atoms with Crippen molar-refractivity contribution >= 4 is 26.7 Å². The van der Waals surface area contributed by atoms with Crippen molar-refractivity contribution in [1.29, 1.82) is 0 Å². The summed E-state index contributed by atoms with van der Waals surface area (Å²) in [6.45, 7) is 4.19. The third kappa shape index (κ3) is 3.19. The Morgan fingerprint density at radius 3 is 2.39 bits per heavy atom. The van der Waals surface area contributed by atoms with Gasteiger partial charge in [-0.25, -0.2) is 8.42 Å². The van der Waals surface area contributed by atoms with Gasteiger partial charge in [-0.2, -0.15) is 0 Å². The zero-order valence-corrected chi connectivity index (χ0v) is 18.2. The van der Waals surface area contributed by atoms with Crippen molar-refractivity contribution in [3.63, 3.8) is 0 Å². The van der Waals surface area contributed by atoms with Crippen LogP contribution in [-0.4, -0.2) is 36.8 Å². The molecule has 31 heavy (non-hydrogen) atoms. The number of nitrogens with zero attached hydrogens (tertiary/aromatic N) is 1. The van der Waals surface area contributed by atoms with Crippen molar-refractivity contribution in [3.8, 4) is 0 Å². The van der Waals surface area contributed by atoms with Gasteiger partial charge in [-0.15, -0.1) is 0 Å². The summed E-state index contributed by atoms with van der Waals surface area (Å²) in [5, 5.41) is 0.416. The minimum atomic E-state index is -3.22. The molecule has 0 radical (unpaired) electrons. The van der Waals surface area contributed by atoms with Gasteiger partial charge in [-0.3, -0.25) is 9.59 Å². The fourth-order valence-electron chi connectivity index (χ4n) is 4.70. The van der Waals surface area contributed by atoms with E-state index in [4.69, 9.17) is 4.42 Å². The molecular formula is C24H23NO5S. The zero-order chi connectivity index (χ0) is 21.9. The molecular weight excluding hydrogens is 414 g/mol. The van der Waals surface area contributed by atoms with Crippen molar-refractivity contribution in [1.82, 2.24) is 4.90 Å². The van der Waals surface area contributed by atoms with Crippen molar-refractivity contribution in [3.05, 3.63) is 81.2 Å². The van der Waals surface area contributed by atoms with Crippen LogP contribution in [0.25, 0.3) is 11.0 Å². The van der Waals surface area contributed by atoms with E-state index in [1.165, 1.54) is 0 Å². The highest BCUT2D eigenvalue weighted by atomic mass is 32.2. The van der Waals surface area contributed by atoms with E-state index < -0.39 is 27.8 Å². The Kier molecular flexibility index (Phi) is 4.55. The molecule has 160 valence electrons. The molecule has 2 aliphatic rings. The van der Waals surface area contributed by atoms with Crippen LogP contribution in [0, 0.1) is 0 Å². The molecule has 1 fully saturated rings. The molecule has 3 aromatic rings. The summed E-state index contributed by atoms with van der Waals surface area (Å²) in [7, 11) is -3.22. The molecule has 0 bridgehead atoms. The van der Waals surface area contributed by atoms with E-state index >= 15 is 0 Å². The van der Waals surface area contributed by atoms with Crippen LogP contribution in [0.15, 0.2) is 57.7 Å². The van der Waals surface area contributed by atoms with E-state index in [-0.39, 0.29) is 22.7 Å². The van der Waals surface area contributed by atoms with Crippen molar-refractivity contribution in [2.45, 2.75) is 38.3 Å². The lowest BCUT2D eigenvalue weighted by Gasteiger charge is -2.30. The fraction of sp³-hybridized carbons (Fsp3) is 0.333. The van der Waals surface area contributed by atoms with Crippen molar-refractivity contribution in [2.24, 2.45) is 0 Å². The highest BCUT2D eigenvalue weighted by Crippen LogP contribution is 2.41. The Morgan fingerprint density at radius 1 is 1.03 bits per heavy atom. The lowest BCUT2D eigenvalue weighted by molar-refractivity contribution is 0.0662. The Morgan fingerprint density at radius 2 is 1.74 bits per heavy atom. The molecule has 0 saturated carbocycles. The second-order valence-corrected chi connectivity index (χ2v) is 10.9. The number of hydrogen-bond acceptors (Lipinski definition) is 5. The third-order valence-electron chi connectivity index (χ3n) is 6.33. The normalized spacial score (nSPS) is 22.4. The third-order valence-corrected chi connectivity index (χ3v) is 8.08. The smallest absolute Gasteiger partial charge is 0.291 e.